The number of nitrogens with one attached hydrogen (secondary N) is 1. The Bertz CT molecular complexity index is 722. The van der Waals surface area contributed by atoms with Crippen molar-refractivity contribution in [2.75, 3.05) is 0 Å². The predicted molar refractivity (Wildman–Crippen MR) is 111 cm³/mol. The number of rotatable bonds is 3. The Morgan fingerprint density at radius 1 is 1.00 bits per heavy atom. The molecule has 0 bridgehead atoms. The molecule has 3 aliphatic rings. The topological polar surface area (TPSA) is 88.1 Å². The van der Waals surface area contributed by atoms with Crippen LogP contribution < -0.4 is 5.32 Å². The first-order chi connectivity index (χ1) is 14.8. The SMILES string of the molecule is CC(C)(C)C1CCC2(CC1)OOC1(CCC(OC(=O)NCc3ccncc3)CC1)OO2. The lowest BCUT2D eigenvalue weighted by Gasteiger charge is -2.48. The highest BCUT2D eigenvalue weighted by molar-refractivity contribution is 5.67. The third-order valence-corrected chi connectivity index (χ3v) is 6.82. The molecule has 172 valence electrons. The summed E-state index contributed by atoms with van der Waals surface area (Å²) in [5, 5.41) is 2.77. The van der Waals surface area contributed by atoms with Gasteiger partial charge < -0.3 is 10.1 Å². The van der Waals surface area contributed by atoms with E-state index in [2.05, 4.69) is 31.1 Å². The van der Waals surface area contributed by atoms with E-state index in [-0.39, 0.29) is 11.5 Å². The minimum atomic E-state index is -0.917. The van der Waals surface area contributed by atoms with Crippen LogP contribution in [0.2, 0.25) is 0 Å². The van der Waals surface area contributed by atoms with Crippen LogP contribution in [0.1, 0.15) is 77.7 Å². The lowest BCUT2D eigenvalue weighted by atomic mass is 9.71. The Morgan fingerprint density at radius 3 is 2.03 bits per heavy atom. The highest BCUT2D eigenvalue weighted by Gasteiger charge is 2.52. The van der Waals surface area contributed by atoms with E-state index in [1.165, 1.54) is 0 Å². The quantitative estimate of drug-likeness (QED) is 0.684. The summed E-state index contributed by atoms with van der Waals surface area (Å²) in [6, 6.07) is 3.70. The molecule has 2 heterocycles. The van der Waals surface area contributed by atoms with Gasteiger partial charge in [-0.1, -0.05) is 20.8 Å². The summed E-state index contributed by atoms with van der Waals surface area (Å²) in [7, 11) is 0. The summed E-state index contributed by atoms with van der Waals surface area (Å²) >= 11 is 0. The molecule has 0 unspecified atom stereocenters. The minimum Gasteiger partial charge on any atom is -0.446 e. The van der Waals surface area contributed by atoms with Crippen LogP contribution in [0.25, 0.3) is 0 Å². The van der Waals surface area contributed by atoms with Gasteiger partial charge in [0, 0.05) is 44.6 Å². The first-order valence-electron chi connectivity index (χ1n) is 11.3. The van der Waals surface area contributed by atoms with Gasteiger partial charge in [-0.25, -0.2) is 4.79 Å². The maximum absolute atomic E-state index is 12.1. The number of pyridine rings is 1. The Balaban J connectivity index is 1.19. The Hall–Kier alpha value is -1.74. The third kappa shape index (κ3) is 5.55. The Kier molecular flexibility index (Phi) is 6.53. The molecule has 2 spiro atoms. The second-order valence-electron chi connectivity index (χ2n) is 10.1. The largest absolute Gasteiger partial charge is 0.446 e. The summed E-state index contributed by atoms with van der Waals surface area (Å²) < 4.78 is 5.54. The molecule has 4 rings (SSSR count). The van der Waals surface area contributed by atoms with Crippen LogP contribution in [0, 0.1) is 11.3 Å². The number of amides is 1. The van der Waals surface area contributed by atoms with Crippen LogP contribution in [-0.4, -0.2) is 28.8 Å². The van der Waals surface area contributed by atoms with Crippen LogP contribution in [0.4, 0.5) is 4.79 Å². The van der Waals surface area contributed by atoms with Crippen molar-refractivity contribution in [2.45, 2.75) is 96.4 Å². The molecule has 3 fully saturated rings. The zero-order valence-electron chi connectivity index (χ0n) is 18.7. The average molecular weight is 435 g/mol. The molecule has 1 amide bonds. The molecule has 1 aromatic heterocycles. The van der Waals surface area contributed by atoms with E-state index in [9.17, 15) is 4.79 Å². The first-order valence-corrected chi connectivity index (χ1v) is 11.3. The normalized spacial score (nSPS) is 33.9. The highest BCUT2D eigenvalue weighted by Crippen LogP contribution is 2.48. The molecule has 8 heteroatoms. The summed E-state index contributed by atoms with van der Waals surface area (Å²) in [6.07, 6.45) is 8.65. The fourth-order valence-corrected chi connectivity index (χ4v) is 4.61. The van der Waals surface area contributed by atoms with Crippen molar-refractivity contribution in [3.05, 3.63) is 30.1 Å². The number of aromatic nitrogens is 1. The maximum atomic E-state index is 12.1. The average Bonchev–Trinajstić information content (AvgIpc) is 2.77. The molecule has 0 atom stereocenters. The van der Waals surface area contributed by atoms with Crippen LogP contribution in [-0.2, 0) is 30.8 Å². The van der Waals surface area contributed by atoms with Crippen molar-refractivity contribution >= 4 is 6.09 Å². The molecule has 1 aromatic rings. The fourth-order valence-electron chi connectivity index (χ4n) is 4.61. The van der Waals surface area contributed by atoms with Gasteiger partial charge in [0.2, 0.25) is 11.6 Å². The molecule has 1 aliphatic heterocycles. The number of ether oxygens (including phenoxy) is 1. The standard InChI is InChI=1S/C23H34N2O6/c1-21(2,3)18-4-10-22(11-5-18)28-30-23(31-29-22)12-6-19(7-13-23)27-20(26)25-16-17-8-14-24-15-9-17/h8-9,14-15,18-19H,4-7,10-13,16H2,1-3H3,(H,25,26). The molecule has 31 heavy (non-hydrogen) atoms. The zero-order valence-corrected chi connectivity index (χ0v) is 18.7. The number of nitrogens with zero attached hydrogens (tertiary/aromatic N) is 1. The molecular formula is C23H34N2O6. The predicted octanol–water partition coefficient (Wildman–Crippen LogP) is 4.79. The van der Waals surface area contributed by atoms with E-state index < -0.39 is 17.7 Å². The molecule has 2 aliphatic carbocycles. The van der Waals surface area contributed by atoms with Gasteiger partial charge >= 0.3 is 6.09 Å². The second kappa shape index (κ2) is 9.02. The van der Waals surface area contributed by atoms with Crippen molar-refractivity contribution in [1.29, 1.82) is 0 Å². The van der Waals surface area contributed by atoms with Crippen molar-refractivity contribution in [3.8, 4) is 0 Å². The van der Waals surface area contributed by atoms with Gasteiger partial charge in [-0.05, 0) is 54.7 Å². The highest BCUT2D eigenvalue weighted by atomic mass is 17.4. The molecular weight excluding hydrogens is 400 g/mol. The molecule has 0 radical (unpaired) electrons. The first kappa shape index (κ1) is 22.5. The van der Waals surface area contributed by atoms with Gasteiger partial charge in [0.05, 0.1) is 0 Å². The molecule has 1 saturated heterocycles. The zero-order chi connectivity index (χ0) is 22.0. The lowest BCUT2D eigenvalue weighted by Crippen LogP contribution is -2.54. The number of alkyl carbamates (subject to hydrolysis) is 1. The van der Waals surface area contributed by atoms with Gasteiger partial charge in [0.1, 0.15) is 6.10 Å². The fraction of sp³-hybridized carbons (Fsp3) is 0.739. The van der Waals surface area contributed by atoms with Crippen molar-refractivity contribution in [1.82, 2.24) is 10.3 Å². The molecule has 2 saturated carbocycles. The van der Waals surface area contributed by atoms with Gasteiger partial charge in [-0.3, -0.25) is 4.98 Å². The maximum Gasteiger partial charge on any atom is 0.407 e. The number of carbonyl (C=O) groups is 1. The summed E-state index contributed by atoms with van der Waals surface area (Å²) in [6.45, 7) is 7.24. The summed E-state index contributed by atoms with van der Waals surface area (Å²) in [4.78, 5) is 39.2. The number of carbonyl (C=O) groups excluding carboxylic acids is 1. The molecule has 8 nitrogen and oxygen atoms in total. The smallest absolute Gasteiger partial charge is 0.407 e. The number of hydrogen-bond donors (Lipinski definition) is 1. The minimum absolute atomic E-state index is 0.187. The van der Waals surface area contributed by atoms with Crippen LogP contribution >= 0.6 is 0 Å². The van der Waals surface area contributed by atoms with E-state index >= 15 is 0 Å². The van der Waals surface area contributed by atoms with Crippen LogP contribution in [0.3, 0.4) is 0 Å². The Morgan fingerprint density at radius 2 is 1.52 bits per heavy atom. The summed E-state index contributed by atoms with van der Waals surface area (Å²) in [5.41, 5.74) is 1.25. The van der Waals surface area contributed by atoms with E-state index in [1.54, 1.807) is 12.4 Å². The monoisotopic (exact) mass is 434 g/mol. The van der Waals surface area contributed by atoms with Crippen LogP contribution in [0.5, 0.6) is 0 Å². The molecule has 0 aromatic carbocycles. The van der Waals surface area contributed by atoms with Crippen molar-refractivity contribution in [3.63, 3.8) is 0 Å². The van der Waals surface area contributed by atoms with Gasteiger partial charge in [-0.2, -0.15) is 19.6 Å². The van der Waals surface area contributed by atoms with Crippen LogP contribution in [0.15, 0.2) is 24.5 Å². The van der Waals surface area contributed by atoms with Gasteiger partial charge in [-0.15, -0.1) is 0 Å². The lowest BCUT2D eigenvalue weighted by molar-refractivity contribution is -0.663. The van der Waals surface area contributed by atoms with E-state index in [4.69, 9.17) is 24.3 Å². The summed E-state index contributed by atoms with van der Waals surface area (Å²) in [5.74, 6) is -1.08. The van der Waals surface area contributed by atoms with Crippen molar-refractivity contribution < 1.29 is 29.1 Å². The van der Waals surface area contributed by atoms with E-state index in [1.807, 2.05) is 12.1 Å². The second-order valence-corrected chi connectivity index (χ2v) is 10.1. The van der Waals surface area contributed by atoms with E-state index in [0.29, 0.717) is 38.1 Å². The van der Waals surface area contributed by atoms with E-state index in [0.717, 1.165) is 31.2 Å². The van der Waals surface area contributed by atoms with Gasteiger partial charge in [0.25, 0.3) is 0 Å². The number of hydrogen-bond acceptors (Lipinski definition) is 7. The Labute approximate surface area is 183 Å². The molecule has 1 N–H and O–H groups in total. The van der Waals surface area contributed by atoms with Crippen molar-refractivity contribution in [2.24, 2.45) is 11.3 Å². The third-order valence-electron chi connectivity index (χ3n) is 6.82. The van der Waals surface area contributed by atoms with Gasteiger partial charge in [0.15, 0.2) is 0 Å².